The SMILES string of the molecule is CCCOc1ccc2c(c1)CCN(c1nnc(C)c(C)c1C#N)C2. The summed E-state index contributed by atoms with van der Waals surface area (Å²) in [6, 6.07) is 8.57. The Hall–Kier alpha value is -2.61. The normalized spacial score (nSPS) is 13.3. The summed E-state index contributed by atoms with van der Waals surface area (Å²) < 4.78 is 5.72. The van der Waals surface area contributed by atoms with Crippen molar-refractivity contribution >= 4 is 5.82 Å². The minimum Gasteiger partial charge on any atom is -0.494 e. The van der Waals surface area contributed by atoms with Crippen molar-refractivity contribution in [3.8, 4) is 11.8 Å². The van der Waals surface area contributed by atoms with Crippen LogP contribution in [0, 0.1) is 25.2 Å². The second kappa shape index (κ2) is 6.88. The van der Waals surface area contributed by atoms with Gasteiger partial charge in [0.15, 0.2) is 5.82 Å². The lowest BCUT2D eigenvalue weighted by atomic mass is 9.98. The number of hydrogen-bond acceptors (Lipinski definition) is 5. The van der Waals surface area contributed by atoms with Crippen molar-refractivity contribution in [1.82, 2.24) is 10.2 Å². The van der Waals surface area contributed by atoms with E-state index in [-0.39, 0.29) is 0 Å². The highest BCUT2D eigenvalue weighted by molar-refractivity contribution is 5.59. The van der Waals surface area contributed by atoms with Crippen LogP contribution in [0.25, 0.3) is 0 Å². The summed E-state index contributed by atoms with van der Waals surface area (Å²) in [5.41, 5.74) is 4.93. The van der Waals surface area contributed by atoms with E-state index in [0.717, 1.165) is 49.5 Å². The molecule has 124 valence electrons. The average Bonchev–Trinajstić information content (AvgIpc) is 2.61. The maximum atomic E-state index is 9.51. The van der Waals surface area contributed by atoms with E-state index < -0.39 is 0 Å². The minimum atomic E-state index is 0.633. The van der Waals surface area contributed by atoms with E-state index in [0.29, 0.717) is 11.4 Å². The van der Waals surface area contributed by atoms with Gasteiger partial charge in [-0.05, 0) is 55.5 Å². The monoisotopic (exact) mass is 322 g/mol. The van der Waals surface area contributed by atoms with E-state index in [1.165, 1.54) is 11.1 Å². The van der Waals surface area contributed by atoms with Crippen LogP contribution in [-0.2, 0) is 13.0 Å². The molecule has 0 aliphatic carbocycles. The Morgan fingerprint density at radius 1 is 1.25 bits per heavy atom. The molecule has 0 saturated carbocycles. The number of anilines is 1. The van der Waals surface area contributed by atoms with Crippen LogP contribution in [-0.4, -0.2) is 23.3 Å². The number of fused-ring (bicyclic) bond motifs is 1. The van der Waals surface area contributed by atoms with Crippen molar-refractivity contribution < 1.29 is 4.74 Å². The Kier molecular flexibility index (Phi) is 4.66. The fourth-order valence-electron chi connectivity index (χ4n) is 2.97. The predicted molar refractivity (Wildman–Crippen MR) is 93.2 cm³/mol. The number of rotatable bonds is 4. The topological polar surface area (TPSA) is 62.0 Å². The van der Waals surface area contributed by atoms with Crippen LogP contribution in [0.15, 0.2) is 18.2 Å². The van der Waals surface area contributed by atoms with Gasteiger partial charge in [0.25, 0.3) is 0 Å². The first-order chi connectivity index (χ1) is 11.6. The van der Waals surface area contributed by atoms with Crippen molar-refractivity contribution in [3.05, 3.63) is 46.1 Å². The van der Waals surface area contributed by atoms with E-state index in [2.05, 4.69) is 40.2 Å². The highest BCUT2D eigenvalue weighted by Gasteiger charge is 2.22. The van der Waals surface area contributed by atoms with Gasteiger partial charge in [-0.15, -0.1) is 5.10 Å². The Balaban J connectivity index is 1.86. The highest BCUT2D eigenvalue weighted by Crippen LogP contribution is 2.29. The van der Waals surface area contributed by atoms with Crippen molar-refractivity contribution in [3.63, 3.8) is 0 Å². The Labute approximate surface area is 142 Å². The quantitative estimate of drug-likeness (QED) is 0.864. The third-order valence-corrected chi connectivity index (χ3v) is 4.51. The summed E-state index contributed by atoms with van der Waals surface area (Å²) in [5.74, 6) is 1.63. The predicted octanol–water partition coefficient (Wildman–Crippen LogP) is 3.32. The number of aromatic nitrogens is 2. The van der Waals surface area contributed by atoms with Crippen LogP contribution in [0.2, 0.25) is 0 Å². The second-order valence-electron chi connectivity index (χ2n) is 6.17. The maximum Gasteiger partial charge on any atom is 0.169 e. The van der Waals surface area contributed by atoms with Crippen LogP contribution < -0.4 is 9.64 Å². The van der Waals surface area contributed by atoms with Gasteiger partial charge in [-0.1, -0.05) is 13.0 Å². The highest BCUT2D eigenvalue weighted by atomic mass is 16.5. The van der Waals surface area contributed by atoms with Gasteiger partial charge in [0, 0.05) is 13.1 Å². The fraction of sp³-hybridized carbons (Fsp3) is 0.421. The number of nitriles is 1. The van der Waals surface area contributed by atoms with Crippen LogP contribution in [0.1, 0.15) is 41.3 Å². The van der Waals surface area contributed by atoms with Crippen LogP contribution in [0.5, 0.6) is 5.75 Å². The van der Waals surface area contributed by atoms with Gasteiger partial charge >= 0.3 is 0 Å². The maximum absolute atomic E-state index is 9.51. The van der Waals surface area contributed by atoms with Crippen LogP contribution in [0.3, 0.4) is 0 Å². The molecule has 5 nitrogen and oxygen atoms in total. The van der Waals surface area contributed by atoms with Gasteiger partial charge in [0.2, 0.25) is 0 Å². The number of ether oxygens (including phenoxy) is 1. The van der Waals surface area contributed by atoms with Crippen LogP contribution in [0.4, 0.5) is 5.82 Å². The molecular formula is C19H22N4O. The summed E-state index contributed by atoms with van der Waals surface area (Å²) in [6.45, 7) is 8.24. The molecule has 1 aliphatic heterocycles. The van der Waals surface area contributed by atoms with Crippen molar-refractivity contribution in [2.45, 2.75) is 40.2 Å². The summed E-state index contributed by atoms with van der Waals surface area (Å²) >= 11 is 0. The molecule has 0 radical (unpaired) electrons. The molecular weight excluding hydrogens is 300 g/mol. The summed E-state index contributed by atoms with van der Waals surface area (Å²) in [7, 11) is 0. The third-order valence-electron chi connectivity index (χ3n) is 4.51. The zero-order valence-electron chi connectivity index (χ0n) is 14.5. The molecule has 0 bridgehead atoms. The first kappa shape index (κ1) is 16.3. The molecule has 0 N–H and O–H groups in total. The number of aryl methyl sites for hydroxylation is 1. The zero-order chi connectivity index (χ0) is 17.1. The van der Waals surface area contributed by atoms with Crippen molar-refractivity contribution in [2.24, 2.45) is 0 Å². The zero-order valence-corrected chi connectivity index (χ0v) is 14.5. The van der Waals surface area contributed by atoms with Crippen LogP contribution >= 0.6 is 0 Å². The summed E-state index contributed by atoms with van der Waals surface area (Å²) in [6.07, 6.45) is 1.92. The molecule has 0 atom stereocenters. The van der Waals surface area contributed by atoms with Gasteiger partial charge in [-0.2, -0.15) is 10.4 Å². The van der Waals surface area contributed by atoms with Gasteiger partial charge in [-0.25, -0.2) is 0 Å². The van der Waals surface area contributed by atoms with E-state index in [4.69, 9.17) is 4.74 Å². The van der Waals surface area contributed by atoms with E-state index in [1.807, 2.05) is 19.9 Å². The summed E-state index contributed by atoms with van der Waals surface area (Å²) in [4.78, 5) is 2.15. The molecule has 1 aromatic heterocycles. The van der Waals surface area contributed by atoms with Crippen molar-refractivity contribution in [2.75, 3.05) is 18.1 Å². The lowest BCUT2D eigenvalue weighted by Gasteiger charge is -2.30. The number of hydrogen-bond donors (Lipinski definition) is 0. The smallest absolute Gasteiger partial charge is 0.169 e. The van der Waals surface area contributed by atoms with E-state index >= 15 is 0 Å². The first-order valence-corrected chi connectivity index (χ1v) is 8.37. The molecule has 5 heteroatoms. The second-order valence-corrected chi connectivity index (χ2v) is 6.17. The standard InChI is InChI=1S/C19H22N4O/c1-4-9-24-17-6-5-16-12-23(8-7-15(16)10-17)19-18(11-20)13(2)14(3)21-22-19/h5-6,10H,4,7-9,12H2,1-3H3. The number of nitrogens with zero attached hydrogens (tertiary/aromatic N) is 4. The molecule has 24 heavy (non-hydrogen) atoms. The van der Waals surface area contributed by atoms with Gasteiger partial charge in [0.1, 0.15) is 17.4 Å². The molecule has 2 heterocycles. The first-order valence-electron chi connectivity index (χ1n) is 8.37. The average molecular weight is 322 g/mol. The lowest BCUT2D eigenvalue weighted by Crippen LogP contribution is -2.32. The summed E-state index contributed by atoms with van der Waals surface area (Å²) in [5, 5.41) is 18.0. The molecule has 3 rings (SSSR count). The molecule has 0 unspecified atom stereocenters. The third kappa shape index (κ3) is 3.05. The van der Waals surface area contributed by atoms with Gasteiger partial charge in [-0.3, -0.25) is 0 Å². The lowest BCUT2D eigenvalue weighted by molar-refractivity contribution is 0.317. The molecule has 1 aromatic carbocycles. The molecule has 0 amide bonds. The molecule has 0 saturated heterocycles. The molecule has 0 fully saturated rings. The van der Waals surface area contributed by atoms with E-state index in [9.17, 15) is 5.26 Å². The largest absolute Gasteiger partial charge is 0.494 e. The molecule has 0 spiro atoms. The Morgan fingerprint density at radius 3 is 2.83 bits per heavy atom. The molecule has 1 aliphatic rings. The fourth-order valence-corrected chi connectivity index (χ4v) is 2.97. The minimum absolute atomic E-state index is 0.633. The number of benzene rings is 1. The van der Waals surface area contributed by atoms with Gasteiger partial charge in [0.05, 0.1) is 12.3 Å². The molecule has 2 aromatic rings. The Bertz CT molecular complexity index is 795. The Morgan fingerprint density at radius 2 is 2.08 bits per heavy atom. The van der Waals surface area contributed by atoms with Crippen molar-refractivity contribution in [1.29, 1.82) is 5.26 Å². The van der Waals surface area contributed by atoms with Gasteiger partial charge < -0.3 is 9.64 Å². The van der Waals surface area contributed by atoms with E-state index in [1.54, 1.807) is 0 Å².